The molecule has 36 nitrogen and oxygen atoms in total. The summed E-state index contributed by atoms with van der Waals surface area (Å²) in [4.78, 5) is 125. The van der Waals surface area contributed by atoms with Crippen LogP contribution in [0.5, 0.6) is 0 Å². The van der Waals surface area contributed by atoms with Gasteiger partial charge in [-0.2, -0.15) is 48.9 Å². The fraction of sp³-hybridized carbons (Fsp3) is 0.594. The molecule has 5 aromatic rings. The zero-order chi connectivity index (χ0) is 82.4. The van der Waals surface area contributed by atoms with Gasteiger partial charge < -0.3 is 70.7 Å². The number of amidine groups is 1. The summed E-state index contributed by atoms with van der Waals surface area (Å²) >= 11 is 7.81. The van der Waals surface area contributed by atoms with Crippen molar-refractivity contribution in [3.8, 4) is 0 Å². The van der Waals surface area contributed by atoms with Crippen molar-refractivity contribution in [2.45, 2.75) is 194 Å². The van der Waals surface area contributed by atoms with Crippen molar-refractivity contribution in [1.82, 2.24) is 83.7 Å². The number of hydroxylamine groups is 2. The number of aromatic nitrogens is 15. The molecule has 1 aliphatic rings. The molecule has 47 heteroatoms. The number of nitrogens with zero attached hydrogens (tertiary/aromatic N) is 18. The molecule has 4 N–H and O–H groups in total. The van der Waals surface area contributed by atoms with Crippen molar-refractivity contribution in [2.24, 2.45) is 9.98 Å². The van der Waals surface area contributed by atoms with Gasteiger partial charge in [-0.15, -0.1) is 0 Å². The van der Waals surface area contributed by atoms with Gasteiger partial charge >= 0.3 is 84.8 Å². The van der Waals surface area contributed by atoms with E-state index in [1.807, 2.05) is 107 Å². The molecule has 1 aliphatic heterocycles. The number of esters is 3. The number of amides is 1. The molecule has 5 aromatic heterocycles. The summed E-state index contributed by atoms with van der Waals surface area (Å²) in [5.41, 5.74) is 1.12. The molecular weight excluding hydrogens is 1620 g/mol. The molecule has 1 amide bonds. The zero-order valence-electron chi connectivity index (χ0n) is 69.2. The van der Waals surface area contributed by atoms with Gasteiger partial charge in [-0.3, -0.25) is 33.6 Å². The van der Waals surface area contributed by atoms with Crippen molar-refractivity contribution >= 4 is 125 Å². The van der Waals surface area contributed by atoms with Gasteiger partial charge in [0.2, 0.25) is 0 Å². The molecule has 622 valence electrons. The summed E-state index contributed by atoms with van der Waals surface area (Å²) in [6.45, 7) is 44.2. The van der Waals surface area contributed by atoms with Crippen LogP contribution in [0.1, 0.15) is 178 Å². The largest absolute Gasteiger partial charge is 2.00 e. The molecule has 6 heterocycles. The normalized spacial score (nSPS) is 11.3. The minimum Gasteiger partial charge on any atom is -1.00 e. The molecule has 7 atom stereocenters. The number of aliphatic imine (C=N–C) groups is 2. The Hall–Kier alpha value is -6.50. The third kappa shape index (κ3) is 69.9. The fourth-order valence-electron chi connectivity index (χ4n) is 7.12. The molecule has 6 rings (SSSR count). The monoisotopic (exact) mass is 1730 g/mol. The second-order valence-corrected chi connectivity index (χ2v) is 23.3. The number of alkyl halides is 2. The van der Waals surface area contributed by atoms with Crippen LogP contribution in [0.2, 0.25) is 0 Å². The summed E-state index contributed by atoms with van der Waals surface area (Å²) in [7, 11) is 4.29. The van der Waals surface area contributed by atoms with Crippen LogP contribution in [-0.4, -0.2) is 245 Å². The fourth-order valence-corrected chi connectivity index (χ4v) is 7.67. The average molecular weight is 1730 g/mol. The first kappa shape index (κ1) is 137. The Bertz CT molecular complexity index is 3450. The standard InChI is InChI=1S/C9H16N4O2.C9H13N3O2.C9H15N3O2.C9H15N3.C7H11N3O.C5H9BrO2.C5H8N2.C4H7O3P.C3H7.C2H3FO.CH4ClN.CO2.2ClH.F2.2Li.Mg.2H2O/c1-6(9(14)12(4)15-5)13-8(3)10-7(2)11-13;1-7(4-5-14-6-13)12-9(3)10-8(2)11-12;1-5-14-9(13)6(2)12-8(4)10-7(3)11-12;1-5-6-7(2)12-9(4)10-8(3)11-12;1-5(4-11)10-7(3)8-6(2)9-10;1-3-8-5(7)4(2)6;1-4-3-6-5(2)7-4;1-7-4(5)3-8(2)6;1-3-2;3-1-2-4;1-3-2;2-1-3;;;1-2;;;;;/h6H,1-5H3;4-7H,1-3H3;6H,5H2,1-4H3;5-7H,1-4H3;4-5H,1-3H3;4H,3H2,1-2H3;3H2,1-2H3;2-3H2,1H3;3H,1-2H3;2H,1H2;3H,1H3;;2*1H;;;;;2*1H2/q;;;;;;;;-1;;;;;;;2*+1;+2;;/p-3/b;5-4-;;6-5-;;;;;;;;;;;;;;;;. The Morgan fingerprint density at radius 3 is 1.21 bits per heavy atom. The van der Waals surface area contributed by atoms with E-state index in [0.29, 0.717) is 43.2 Å². The molecule has 0 aromatic carbocycles. The van der Waals surface area contributed by atoms with Gasteiger partial charge in [0.05, 0.1) is 52.3 Å². The minimum absolute atomic E-state index is 0. The predicted octanol–water partition coefficient (Wildman–Crippen LogP) is -3.41. The smallest absolute Gasteiger partial charge is 1.00 e. The number of methoxy groups -OCH3 is 1. The van der Waals surface area contributed by atoms with E-state index in [4.69, 9.17) is 44.9 Å². The van der Waals surface area contributed by atoms with Gasteiger partial charge in [0.1, 0.15) is 114 Å². The molecule has 0 fully saturated rings. The van der Waals surface area contributed by atoms with Crippen molar-refractivity contribution in [3.05, 3.63) is 89.2 Å². The van der Waals surface area contributed by atoms with E-state index in [2.05, 4.69) is 115 Å². The maximum Gasteiger partial charge on any atom is 2.00 e. The van der Waals surface area contributed by atoms with Gasteiger partial charge in [-0.1, -0.05) is 28.1 Å². The van der Waals surface area contributed by atoms with Crippen molar-refractivity contribution in [3.63, 3.8) is 0 Å². The molecule has 0 radical (unpaired) electrons. The van der Waals surface area contributed by atoms with E-state index in [0.717, 1.165) is 65.1 Å². The van der Waals surface area contributed by atoms with E-state index in [1.165, 1.54) is 25.5 Å². The Morgan fingerprint density at radius 2 is 1.00 bits per heavy atom. The van der Waals surface area contributed by atoms with Crippen LogP contribution in [0.25, 0.3) is 0 Å². The zero-order valence-corrected chi connectivity index (χ0v) is 75.4. The third-order valence-corrected chi connectivity index (χ3v) is 12.2. The first-order chi connectivity index (χ1) is 48.8. The van der Waals surface area contributed by atoms with Crippen LogP contribution in [0.15, 0.2) is 34.5 Å². The Labute approximate surface area is 716 Å². The topological polar surface area (TPSA) is 472 Å². The molecule has 0 bridgehead atoms. The van der Waals surface area contributed by atoms with Crippen LogP contribution in [0, 0.1) is 75.7 Å². The molecule has 0 saturated carbocycles. The summed E-state index contributed by atoms with van der Waals surface area (Å²) in [5, 5.41) is 22.0. The second kappa shape index (κ2) is 85.9. The SMILES string of the molecule is C/C=C\C(C)n1nc(C)nc1C.C=P(=O)CC(=O)OC.CC1=NC(C)=NC1.CCOC(=O)C(C)Br.CCOC(=O)C(C)n1nc(C)nc1C.CNCl.CON(C)C(=O)C(C)n1nc(C)nc1C.C[CH-]C.Cc1nc(C)n(C(C)/C=C\OC=O)n1.Cc1nc(C)n(C(C)C=O)n1.FF.O.O=C=O.O=CCF.[Cl-].[Cl-].[Li+].[Li+].[Mg+2].[OH-]. The average Bonchev–Trinajstić information content (AvgIpc) is 1.75. The van der Waals surface area contributed by atoms with Crippen LogP contribution in [0.3, 0.4) is 0 Å². The number of nitrogens with one attached hydrogen (secondary N) is 1. The van der Waals surface area contributed by atoms with E-state index >= 15 is 0 Å². The van der Waals surface area contributed by atoms with Crippen LogP contribution in [-0.2, 0) is 71.5 Å². The molecular formula is C64H111BrCl3F3Li2MgN19O17P. The number of carbonyl (C=O) groups excluding carboxylic acids is 9. The number of allylic oxidation sites excluding steroid dienone is 3. The van der Waals surface area contributed by atoms with Gasteiger partial charge in [-0.25, -0.2) is 72.4 Å². The molecule has 0 aliphatic carbocycles. The Kier molecular flexibility index (Phi) is 106. The number of hydrogen-bond acceptors (Lipinski definition) is 29. The van der Waals surface area contributed by atoms with Crippen LogP contribution in [0.4, 0.5) is 13.5 Å². The first-order valence-electron chi connectivity index (χ1n) is 31.4. The molecule has 0 spiro atoms. The van der Waals surface area contributed by atoms with E-state index in [1.54, 1.807) is 101 Å². The van der Waals surface area contributed by atoms with Crippen molar-refractivity contribution in [2.75, 3.05) is 60.9 Å². The Balaban J connectivity index is -0.0000000786. The molecule has 0 saturated heterocycles. The maximum absolute atomic E-state index is 11.7. The van der Waals surface area contributed by atoms with Gasteiger partial charge in [0, 0.05) is 21.9 Å². The number of aryl methyl sites for hydroxylation is 10. The van der Waals surface area contributed by atoms with Crippen LogP contribution < -0.4 is 67.4 Å². The summed E-state index contributed by atoms with van der Waals surface area (Å²) in [5.74, 6) is 7.44. The summed E-state index contributed by atoms with van der Waals surface area (Å²) in [6, 6.07) is -0.698. The molecule has 7 unspecified atom stereocenters. The van der Waals surface area contributed by atoms with Crippen molar-refractivity contribution in [1.29, 1.82) is 0 Å². The quantitative estimate of drug-likeness (QED) is 0.00719. The summed E-state index contributed by atoms with van der Waals surface area (Å²) in [6.07, 6.45) is 13.6. The van der Waals surface area contributed by atoms with Gasteiger partial charge in [0.15, 0.2) is 6.29 Å². The van der Waals surface area contributed by atoms with Crippen LogP contribution >= 0.6 is 35.1 Å². The van der Waals surface area contributed by atoms with E-state index in [-0.39, 0.29) is 150 Å². The predicted molar refractivity (Wildman–Crippen MR) is 403 cm³/mol. The molecule has 111 heavy (non-hydrogen) atoms. The van der Waals surface area contributed by atoms with Gasteiger partial charge in [-0.05, 0) is 177 Å². The van der Waals surface area contributed by atoms with Crippen molar-refractivity contribution < 1.29 is 159 Å². The number of carbonyl (C=O) groups is 7. The number of rotatable bonds is 19. The van der Waals surface area contributed by atoms with Gasteiger partial charge in [0.25, 0.3) is 12.4 Å². The number of ether oxygens (including phenoxy) is 4. The third-order valence-electron chi connectivity index (χ3n) is 11.3. The first-order valence-corrected chi connectivity index (χ1v) is 34.3. The number of aldehydes is 2. The number of hydrogen-bond donors (Lipinski definition) is 1. The maximum atomic E-state index is 11.7. The summed E-state index contributed by atoms with van der Waals surface area (Å²) < 4.78 is 63.1. The Morgan fingerprint density at radius 1 is 0.685 bits per heavy atom. The number of likely N-dealkylation sites (N-methyl/N-ethyl adjacent to an activating group) is 1. The minimum atomic E-state index is -1.62. The van der Waals surface area contributed by atoms with E-state index < -0.39 is 32.2 Å². The number of halogens is 7. The second-order valence-electron chi connectivity index (χ2n) is 20.3. The van der Waals surface area contributed by atoms with E-state index in [9.17, 15) is 37.7 Å².